The first-order valence-corrected chi connectivity index (χ1v) is 12.3. The van der Waals surface area contributed by atoms with Crippen LogP contribution in [0, 0.1) is 11.3 Å². The van der Waals surface area contributed by atoms with E-state index in [0.29, 0.717) is 23.4 Å². The summed E-state index contributed by atoms with van der Waals surface area (Å²) in [5, 5.41) is 4.14. The van der Waals surface area contributed by atoms with Gasteiger partial charge in [-0.1, -0.05) is 70.4 Å². The molecule has 0 saturated heterocycles. The van der Waals surface area contributed by atoms with Gasteiger partial charge in [0.25, 0.3) is 0 Å². The van der Waals surface area contributed by atoms with Crippen molar-refractivity contribution in [3.8, 4) is 0 Å². The molecule has 4 rings (SSSR count). The van der Waals surface area contributed by atoms with Crippen LogP contribution in [0.3, 0.4) is 0 Å². The van der Waals surface area contributed by atoms with Crippen LogP contribution in [0.25, 0.3) is 0 Å². The van der Waals surface area contributed by atoms with Crippen molar-refractivity contribution >= 4 is 0 Å². The molecule has 3 aliphatic rings. The lowest BCUT2D eigenvalue weighted by molar-refractivity contribution is -0.137. The molecule has 0 unspecified atom stereocenters. The van der Waals surface area contributed by atoms with Gasteiger partial charge in [0.05, 0.1) is 5.56 Å². The number of hydrogen-bond donors (Lipinski definition) is 1. The number of alkyl halides is 3. The van der Waals surface area contributed by atoms with Crippen LogP contribution < -0.4 is 5.32 Å². The summed E-state index contributed by atoms with van der Waals surface area (Å²) in [6.07, 6.45) is 12.5. The molecule has 1 aromatic carbocycles. The molecule has 0 amide bonds. The van der Waals surface area contributed by atoms with Gasteiger partial charge in [0.1, 0.15) is 0 Å². The largest absolute Gasteiger partial charge is 0.416 e. The molecule has 3 atom stereocenters. The molecular weight excluding hydrogens is 383 g/mol. The van der Waals surface area contributed by atoms with Gasteiger partial charge in [-0.2, -0.15) is 13.2 Å². The van der Waals surface area contributed by atoms with Crippen molar-refractivity contribution in [3.63, 3.8) is 0 Å². The van der Waals surface area contributed by atoms with E-state index in [4.69, 9.17) is 0 Å². The summed E-state index contributed by atoms with van der Waals surface area (Å²) in [5.41, 5.74) is 0.922. The van der Waals surface area contributed by atoms with E-state index in [1.165, 1.54) is 82.8 Å². The molecule has 0 radical (unpaired) electrons. The lowest BCUT2D eigenvalue weighted by Crippen LogP contribution is -2.50. The van der Waals surface area contributed by atoms with Crippen molar-refractivity contribution in [1.82, 2.24) is 5.32 Å². The Kier molecular flexibility index (Phi) is 6.82. The number of rotatable bonds is 6. The number of halogens is 3. The van der Waals surface area contributed by atoms with Crippen LogP contribution >= 0.6 is 0 Å². The molecule has 0 aromatic heterocycles. The smallest absolute Gasteiger partial charge is 0.310 e. The Morgan fingerprint density at radius 3 is 2.13 bits per heavy atom. The van der Waals surface area contributed by atoms with Crippen LogP contribution in [-0.2, 0) is 6.18 Å². The molecular formula is C26H38F3N. The van der Waals surface area contributed by atoms with E-state index in [9.17, 15) is 13.2 Å². The van der Waals surface area contributed by atoms with Crippen molar-refractivity contribution in [2.75, 3.05) is 0 Å². The van der Waals surface area contributed by atoms with Crippen LogP contribution in [0.5, 0.6) is 0 Å². The molecule has 3 fully saturated rings. The lowest BCUT2D eigenvalue weighted by Gasteiger charge is -2.42. The first-order chi connectivity index (χ1) is 14.4. The minimum Gasteiger partial charge on any atom is -0.310 e. The number of hydrogen-bond acceptors (Lipinski definition) is 1. The Balaban J connectivity index is 1.51. The third-order valence-electron chi connectivity index (χ3n) is 8.48. The van der Waals surface area contributed by atoms with E-state index in [-0.39, 0.29) is 0 Å². The lowest BCUT2D eigenvalue weighted by atomic mass is 9.73. The zero-order valence-electron chi connectivity index (χ0n) is 18.4. The van der Waals surface area contributed by atoms with E-state index in [1.54, 1.807) is 12.1 Å². The molecule has 0 heterocycles. The monoisotopic (exact) mass is 421 g/mol. The second-order valence-corrected chi connectivity index (χ2v) is 10.6. The topological polar surface area (TPSA) is 12.0 Å². The molecule has 4 heteroatoms. The third kappa shape index (κ3) is 5.06. The fraction of sp³-hybridized carbons (Fsp3) is 0.769. The van der Waals surface area contributed by atoms with E-state index in [1.807, 2.05) is 0 Å². The predicted octanol–water partition coefficient (Wildman–Crippen LogP) is 7.85. The molecule has 1 nitrogen and oxygen atoms in total. The highest BCUT2D eigenvalue weighted by Gasteiger charge is 2.41. The van der Waals surface area contributed by atoms with Crippen LogP contribution in [0.2, 0.25) is 0 Å². The molecule has 30 heavy (non-hydrogen) atoms. The maximum atomic E-state index is 13.0. The van der Waals surface area contributed by atoms with E-state index in [2.05, 4.69) is 12.2 Å². The second kappa shape index (κ2) is 9.22. The molecule has 0 aliphatic heterocycles. The average molecular weight is 422 g/mol. The van der Waals surface area contributed by atoms with E-state index < -0.39 is 11.7 Å². The van der Waals surface area contributed by atoms with Gasteiger partial charge in [-0.3, -0.25) is 0 Å². The molecule has 1 aromatic rings. The van der Waals surface area contributed by atoms with Gasteiger partial charge in [-0.15, -0.1) is 0 Å². The Morgan fingerprint density at radius 2 is 1.50 bits per heavy atom. The van der Waals surface area contributed by atoms with Gasteiger partial charge < -0.3 is 5.32 Å². The quantitative estimate of drug-likeness (QED) is 0.493. The van der Waals surface area contributed by atoms with Crippen LogP contribution in [0.1, 0.15) is 107 Å². The van der Waals surface area contributed by atoms with Crippen molar-refractivity contribution < 1.29 is 13.2 Å². The summed E-state index contributed by atoms with van der Waals surface area (Å²) >= 11 is 0. The van der Waals surface area contributed by atoms with Crippen molar-refractivity contribution in [2.24, 2.45) is 11.3 Å². The fourth-order valence-corrected chi connectivity index (χ4v) is 6.57. The Hall–Kier alpha value is -1.03. The first kappa shape index (κ1) is 22.2. The first-order valence-electron chi connectivity index (χ1n) is 12.3. The zero-order valence-corrected chi connectivity index (χ0v) is 18.4. The maximum Gasteiger partial charge on any atom is 0.416 e. The highest BCUT2D eigenvalue weighted by molar-refractivity contribution is 5.28. The van der Waals surface area contributed by atoms with Crippen LogP contribution in [0.15, 0.2) is 24.3 Å². The standard InChI is InChI=1S/C26H38F3N/c1-25(16-6-7-17-25)24(18-19-8-2-3-9-19)30-23-11-5-4-10-22(23)20-12-14-21(15-13-20)26(27,28)29/h12-15,19,22-24,30H,2-11,16-18H2,1H3/t22-,23+,24+/m0/s1. The normalized spacial score (nSPS) is 28.7. The van der Waals surface area contributed by atoms with Crippen molar-refractivity contribution in [3.05, 3.63) is 35.4 Å². The summed E-state index contributed by atoms with van der Waals surface area (Å²) in [5.74, 6) is 1.19. The molecule has 1 N–H and O–H groups in total. The second-order valence-electron chi connectivity index (χ2n) is 10.6. The van der Waals surface area contributed by atoms with E-state index >= 15 is 0 Å². The Bertz CT molecular complexity index is 669. The summed E-state index contributed by atoms with van der Waals surface area (Å²) in [6.45, 7) is 2.49. The summed E-state index contributed by atoms with van der Waals surface area (Å²) < 4.78 is 39.0. The van der Waals surface area contributed by atoms with Gasteiger partial charge in [0.15, 0.2) is 0 Å². The number of nitrogens with one attached hydrogen (secondary N) is 1. The van der Waals surface area contributed by atoms with Gasteiger partial charge >= 0.3 is 6.18 Å². The number of benzene rings is 1. The van der Waals surface area contributed by atoms with Crippen LogP contribution in [0.4, 0.5) is 13.2 Å². The van der Waals surface area contributed by atoms with E-state index in [0.717, 1.165) is 24.3 Å². The summed E-state index contributed by atoms with van der Waals surface area (Å²) in [6, 6.07) is 6.94. The molecule has 168 valence electrons. The fourth-order valence-electron chi connectivity index (χ4n) is 6.57. The van der Waals surface area contributed by atoms with Crippen molar-refractivity contribution in [2.45, 2.75) is 115 Å². The summed E-state index contributed by atoms with van der Waals surface area (Å²) in [7, 11) is 0. The third-order valence-corrected chi connectivity index (χ3v) is 8.48. The SMILES string of the molecule is CC1([C@@H](CC2CCCC2)N[C@@H]2CCCC[C@H]2c2ccc(C(F)(F)F)cc2)CCCC1. The molecule has 3 aliphatic carbocycles. The molecule has 0 bridgehead atoms. The molecule has 0 spiro atoms. The Morgan fingerprint density at radius 1 is 0.900 bits per heavy atom. The average Bonchev–Trinajstić information content (AvgIpc) is 3.40. The Labute approximate surface area is 180 Å². The van der Waals surface area contributed by atoms with Gasteiger partial charge in [0, 0.05) is 12.1 Å². The summed E-state index contributed by atoms with van der Waals surface area (Å²) in [4.78, 5) is 0. The highest BCUT2D eigenvalue weighted by atomic mass is 19.4. The minimum atomic E-state index is -4.26. The van der Waals surface area contributed by atoms with Gasteiger partial charge in [0.2, 0.25) is 0 Å². The predicted molar refractivity (Wildman–Crippen MR) is 117 cm³/mol. The van der Waals surface area contributed by atoms with Gasteiger partial charge in [-0.05, 0) is 67.1 Å². The molecule has 3 saturated carbocycles. The minimum absolute atomic E-state index is 0.331. The highest BCUT2D eigenvalue weighted by Crippen LogP contribution is 2.45. The van der Waals surface area contributed by atoms with Crippen molar-refractivity contribution in [1.29, 1.82) is 0 Å². The van der Waals surface area contributed by atoms with Gasteiger partial charge in [-0.25, -0.2) is 0 Å². The van der Waals surface area contributed by atoms with Crippen LogP contribution in [-0.4, -0.2) is 12.1 Å². The maximum absolute atomic E-state index is 13.0. The zero-order chi connectivity index (χ0) is 21.2.